The van der Waals surface area contributed by atoms with Gasteiger partial charge in [-0.3, -0.25) is 0 Å². The standard InChI is InChI=1S/C12H16N4OS/c1-10-9-11(16-4-6-17-7-5-16)15-12(14-10)18-8-2-3-13/h9H,2,4-8H2,1H3. The molecule has 6 heteroatoms. The van der Waals surface area contributed by atoms with Gasteiger partial charge >= 0.3 is 0 Å². The molecule has 5 nitrogen and oxygen atoms in total. The summed E-state index contributed by atoms with van der Waals surface area (Å²) in [4.78, 5) is 11.1. The molecule has 0 saturated carbocycles. The van der Waals surface area contributed by atoms with Crippen LogP contribution in [0.5, 0.6) is 0 Å². The van der Waals surface area contributed by atoms with Crippen molar-refractivity contribution in [3.05, 3.63) is 11.8 Å². The molecule has 0 aromatic carbocycles. The van der Waals surface area contributed by atoms with Gasteiger partial charge in [-0.2, -0.15) is 5.26 Å². The zero-order chi connectivity index (χ0) is 12.8. The van der Waals surface area contributed by atoms with E-state index < -0.39 is 0 Å². The van der Waals surface area contributed by atoms with Crippen molar-refractivity contribution in [2.45, 2.75) is 18.5 Å². The molecular weight excluding hydrogens is 248 g/mol. The summed E-state index contributed by atoms with van der Waals surface area (Å²) in [6, 6.07) is 4.13. The minimum Gasteiger partial charge on any atom is -0.378 e. The van der Waals surface area contributed by atoms with Gasteiger partial charge in [0.25, 0.3) is 0 Å². The number of aryl methyl sites for hydroxylation is 1. The molecule has 2 heterocycles. The van der Waals surface area contributed by atoms with Crippen molar-refractivity contribution in [2.24, 2.45) is 0 Å². The second-order valence-electron chi connectivity index (χ2n) is 4.01. The third kappa shape index (κ3) is 3.59. The van der Waals surface area contributed by atoms with E-state index in [1.807, 2.05) is 13.0 Å². The molecule has 1 saturated heterocycles. The fourth-order valence-corrected chi connectivity index (χ4v) is 2.47. The van der Waals surface area contributed by atoms with Gasteiger partial charge in [-0.1, -0.05) is 11.8 Å². The predicted molar refractivity (Wildman–Crippen MR) is 70.8 cm³/mol. The average molecular weight is 264 g/mol. The van der Waals surface area contributed by atoms with Gasteiger partial charge in [0.15, 0.2) is 5.16 Å². The molecule has 0 N–H and O–H groups in total. The Bertz CT molecular complexity index is 440. The molecular formula is C12H16N4OS. The van der Waals surface area contributed by atoms with Crippen molar-refractivity contribution < 1.29 is 4.74 Å². The van der Waals surface area contributed by atoms with Crippen LogP contribution >= 0.6 is 11.8 Å². The highest BCUT2D eigenvalue weighted by atomic mass is 32.2. The number of rotatable bonds is 4. The van der Waals surface area contributed by atoms with Crippen molar-refractivity contribution in [1.82, 2.24) is 9.97 Å². The number of hydrogen-bond acceptors (Lipinski definition) is 6. The van der Waals surface area contributed by atoms with Crippen molar-refractivity contribution >= 4 is 17.6 Å². The number of thioether (sulfide) groups is 1. The van der Waals surface area contributed by atoms with Crippen LogP contribution in [0.2, 0.25) is 0 Å². The van der Waals surface area contributed by atoms with Gasteiger partial charge in [-0.05, 0) is 6.92 Å². The van der Waals surface area contributed by atoms with E-state index in [9.17, 15) is 0 Å². The molecule has 18 heavy (non-hydrogen) atoms. The molecule has 1 aliphatic heterocycles. The molecule has 0 unspecified atom stereocenters. The van der Waals surface area contributed by atoms with Crippen LogP contribution in [0.25, 0.3) is 0 Å². The molecule has 2 rings (SSSR count). The molecule has 0 radical (unpaired) electrons. The maximum absolute atomic E-state index is 8.53. The van der Waals surface area contributed by atoms with E-state index in [0.29, 0.717) is 6.42 Å². The Hall–Kier alpha value is -1.32. The first kappa shape index (κ1) is 13.1. The second kappa shape index (κ2) is 6.57. The SMILES string of the molecule is Cc1cc(N2CCOCC2)nc(SCCC#N)n1. The predicted octanol–water partition coefficient (Wildman–Crippen LogP) is 1.63. The number of nitriles is 1. The minimum atomic E-state index is 0.523. The number of aromatic nitrogens is 2. The first-order valence-corrected chi connectivity index (χ1v) is 6.96. The van der Waals surface area contributed by atoms with Crippen molar-refractivity contribution in [1.29, 1.82) is 5.26 Å². The van der Waals surface area contributed by atoms with E-state index >= 15 is 0 Å². The highest BCUT2D eigenvalue weighted by Crippen LogP contribution is 2.20. The van der Waals surface area contributed by atoms with Crippen LogP contribution in [0.4, 0.5) is 5.82 Å². The zero-order valence-electron chi connectivity index (χ0n) is 10.4. The van der Waals surface area contributed by atoms with Gasteiger partial charge in [-0.15, -0.1) is 0 Å². The highest BCUT2D eigenvalue weighted by molar-refractivity contribution is 7.99. The maximum Gasteiger partial charge on any atom is 0.189 e. The Morgan fingerprint density at radius 2 is 2.22 bits per heavy atom. The summed E-state index contributed by atoms with van der Waals surface area (Å²) in [5, 5.41) is 9.29. The van der Waals surface area contributed by atoms with E-state index in [1.165, 1.54) is 11.8 Å². The van der Waals surface area contributed by atoms with Crippen LogP contribution < -0.4 is 4.90 Å². The van der Waals surface area contributed by atoms with Gasteiger partial charge < -0.3 is 9.64 Å². The molecule has 1 aromatic heterocycles. The normalized spacial score (nSPS) is 15.4. The number of nitrogens with zero attached hydrogens (tertiary/aromatic N) is 4. The lowest BCUT2D eigenvalue weighted by Gasteiger charge is -2.28. The van der Waals surface area contributed by atoms with Crippen LogP contribution in [-0.2, 0) is 4.74 Å². The molecule has 0 amide bonds. The molecule has 0 aliphatic carbocycles. The first-order chi connectivity index (χ1) is 8.79. The fourth-order valence-electron chi connectivity index (χ4n) is 1.73. The van der Waals surface area contributed by atoms with Gasteiger partial charge in [0.1, 0.15) is 5.82 Å². The smallest absolute Gasteiger partial charge is 0.189 e. The molecule has 0 spiro atoms. The summed E-state index contributed by atoms with van der Waals surface area (Å²) in [6.07, 6.45) is 0.523. The fraction of sp³-hybridized carbons (Fsp3) is 0.583. The molecule has 0 atom stereocenters. The van der Waals surface area contributed by atoms with E-state index in [2.05, 4.69) is 20.9 Å². The lowest BCUT2D eigenvalue weighted by molar-refractivity contribution is 0.122. The van der Waals surface area contributed by atoms with Crippen LogP contribution in [0.1, 0.15) is 12.1 Å². The van der Waals surface area contributed by atoms with Crippen molar-refractivity contribution in [2.75, 3.05) is 37.0 Å². The lowest BCUT2D eigenvalue weighted by Crippen LogP contribution is -2.36. The Balaban J connectivity index is 2.07. The van der Waals surface area contributed by atoms with Gasteiger partial charge in [-0.25, -0.2) is 9.97 Å². The van der Waals surface area contributed by atoms with E-state index in [1.54, 1.807) is 0 Å². The molecule has 96 valence electrons. The largest absolute Gasteiger partial charge is 0.378 e. The summed E-state index contributed by atoms with van der Waals surface area (Å²) in [5.41, 5.74) is 0.964. The third-order valence-electron chi connectivity index (χ3n) is 2.60. The van der Waals surface area contributed by atoms with Crippen LogP contribution in [-0.4, -0.2) is 42.0 Å². The van der Waals surface area contributed by atoms with Crippen LogP contribution in [0, 0.1) is 18.3 Å². The molecule has 1 aliphatic rings. The van der Waals surface area contributed by atoms with Crippen LogP contribution in [0.3, 0.4) is 0 Å². The number of anilines is 1. The summed E-state index contributed by atoms with van der Waals surface area (Å²) in [6.45, 7) is 5.22. The third-order valence-corrected chi connectivity index (χ3v) is 3.45. The number of morpholine rings is 1. The van der Waals surface area contributed by atoms with E-state index in [0.717, 1.165) is 48.7 Å². The Morgan fingerprint density at radius 3 is 2.94 bits per heavy atom. The Morgan fingerprint density at radius 1 is 1.44 bits per heavy atom. The monoisotopic (exact) mass is 264 g/mol. The highest BCUT2D eigenvalue weighted by Gasteiger charge is 2.14. The molecule has 1 aromatic rings. The topological polar surface area (TPSA) is 62.0 Å². The summed E-state index contributed by atoms with van der Waals surface area (Å²) < 4.78 is 5.33. The average Bonchev–Trinajstić information content (AvgIpc) is 2.39. The lowest BCUT2D eigenvalue weighted by atomic mass is 10.3. The van der Waals surface area contributed by atoms with E-state index in [4.69, 9.17) is 10.00 Å². The maximum atomic E-state index is 8.53. The summed E-state index contributed by atoms with van der Waals surface area (Å²) >= 11 is 1.53. The number of ether oxygens (including phenoxy) is 1. The quantitative estimate of drug-likeness (QED) is 0.468. The molecule has 0 bridgehead atoms. The first-order valence-electron chi connectivity index (χ1n) is 5.98. The molecule has 1 fully saturated rings. The van der Waals surface area contributed by atoms with Crippen LogP contribution in [0.15, 0.2) is 11.2 Å². The summed E-state index contributed by atoms with van der Waals surface area (Å²) in [7, 11) is 0. The van der Waals surface area contributed by atoms with E-state index in [-0.39, 0.29) is 0 Å². The van der Waals surface area contributed by atoms with Crippen molar-refractivity contribution in [3.63, 3.8) is 0 Å². The summed E-state index contributed by atoms with van der Waals surface area (Å²) in [5.74, 6) is 1.70. The zero-order valence-corrected chi connectivity index (χ0v) is 11.2. The minimum absolute atomic E-state index is 0.523. The van der Waals surface area contributed by atoms with Gasteiger partial charge in [0, 0.05) is 37.0 Å². The Labute approximate surface area is 111 Å². The number of hydrogen-bond donors (Lipinski definition) is 0. The van der Waals surface area contributed by atoms with Crippen molar-refractivity contribution in [3.8, 4) is 6.07 Å². The van der Waals surface area contributed by atoms with Gasteiger partial charge in [0.05, 0.1) is 19.3 Å². The second-order valence-corrected chi connectivity index (χ2v) is 5.07. The Kier molecular flexibility index (Phi) is 4.79. The van der Waals surface area contributed by atoms with Gasteiger partial charge in [0.2, 0.25) is 0 Å².